The van der Waals surface area contributed by atoms with E-state index in [1.165, 1.54) is 215 Å². The molecule has 0 N–H and O–H groups in total. The molecule has 16 aromatic carbocycles. The van der Waals surface area contributed by atoms with Gasteiger partial charge in [0.25, 0.3) is 0 Å². The maximum absolute atomic E-state index is 9.27. The highest BCUT2D eigenvalue weighted by Gasteiger charge is 2.29. The summed E-state index contributed by atoms with van der Waals surface area (Å²) in [5, 5.41) is 34.4. The van der Waals surface area contributed by atoms with Gasteiger partial charge in [-0.15, -0.1) is 0 Å². The van der Waals surface area contributed by atoms with Crippen LogP contribution in [0.1, 0.15) is 230 Å². The molecule has 0 aliphatic heterocycles. The molecule has 0 bridgehead atoms. The van der Waals surface area contributed by atoms with Crippen LogP contribution in [0.2, 0.25) is 0 Å². The SMILES string of the molecule is C(#Cc1cc(C2CCCCC2)c2ccc3c(C#Cc4ccc(N(c5ccccc5)c5ccccc5)cc4)cc(C4CCCCC4)c4ccc1c2c34)c1ccc(N(c2ccccc2)c2ccccc2)cc1.N#Cc1ccc(C#Cc2cc(C3CCCCC3)c3ccc4c(C#Cc5ccc(C#N)cc5)cc(C5CCCCC5)c5ccc2c3c45)cc1. The Morgan fingerprint density at radius 1 is 0.195 bits per heavy atom. The number of benzene rings is 16. The van der Waals surface area contributed by atoms with Crippen molar-refractivity contribution in [3.63, 3.8) is 0 Å². The van der Waals surface area contributed by atoms with E-state index in [1.807, 2.05) is 48.5 Å². The van der Waals surface area contributed by atoms with Gasteiger partial charge in [0.05, 0.1) is 23.3 Å². The Morgan fingerprint density at radius 2 is 0.390 bits per heavy atom. The summed E-state index contributed by atoms with van der Waals surface area (Å²) >= 11 is 0. The second-order valence-corrected chi connectivity index (χ2v) is 33.0. The molecule has 20 rings (SSSR count). The Kier molecular flexibility index (Phi) is 21.5. The minimum atomic E-state index is 0.528. The molecule has 0 amide bonds. The van der Waals surface area contributed by atoms with E-state index in [0.29, 0.717) is 34.8 Å². The maximum Gasteiger partial charge on any atom is 0.0991 e. The van der Waals surface area contributed by atoms with Gasteiger partial charge >= 0.3 is 0 Å². The summed E-state index contributed by atoms with van der Waals surface area (Å²) in [5.74, 6) is 31.1. The van der Waals surface area contributed by atoms with E-state index in [2.05, 4.69) is 312 Å². The molecule has 0 aromatic heterocycles. The fraction of sp³-hybridized carbons (Fsp3) is 0.211. The van der Waals surface area contributed by atoms with Crippen LogP contribution in [-0.4, -0.2) is 0 Å². The van der Waals surface area contributed by atoms with Crippen molar-refractivity contribution < 1.29 is 0 Å². The number of para-hydroxylation sites is 4. The van der Waals surface area contributed by atoms with Gasteiger partial charge in [-0.3, -0.25) is 0 Å². The molecule has 4 heteroatoms. The van der Waals surface area contributed by atoms with Crippen molar-refractivity contribution in [1.82, 2.24) is 0 Å². The first-order valence-electron chi connectivity index (χ1n) is 43.1. The molecule has 4 aliphatic carbocycles. The summed E-state index contributed by atoms with van der Waals surface area (Å²) in [6.45, 7) is 0. The molecule has 0 heterocycles. The van der Waals surface area contributed by atoms with E-state index >= 15 is 0 Å². The molecule has 0 saturated heterocycles. The first-order valence-corrected chi connectivity index (χ1v) is 43.1. The Morgan fingerprint density at radius 3 is 0.610 bits per heavy atom. The van der Waals surface area contributed by atoms with Crippen molar-refractivity contribution in [2.45, 2.75) is 152 Å². The van der Waals surface area contributed by atoms with Gasteiger partial charge in [0.1, 0.15) is 0 Å². The number of anilines is 6. The fourth-order valence-corrected chi connectivity index (χ4v) is 19.9. The predicted molar refractivity (Wildman–Crippen MR) is 492 cm³/mol. The van der Waals surface area contributed by atoms with E-state index in [4.69, 9.17) is 0 Å². The molecule has 4 fully saturated rings. The summed E-state index contributed by atoms with van der Waals surface area (Å²) in [7, 11) is 0. The van der Waals surface area contributed by atoms with Crippen LogP contribution in [0.3, 0.4) is 0 Å². The van der Waals surface area contributed by atoms with Crippen molar-refractivity contribution in [2.24, 2.45) is 0 Å². The lowest BCUT2D eigenvalue weighted by atomic mass is 9.77. The summed E-state index contributed by atoms with van der Waals surface area (Å²) in [6, 6.07) is 108. The van der Waals surface area contributed by atoms with Gasteiger partial charge in [0, 0.05) is 78.6 Å². The van der Waals surface area contributed by atoms with E-state index in [0.717, 1.165) is 78.6 Å². The topological polar surface area (TPSA) is 54.1 Å². The number of nitriles is 2. The van der Waals surface area contributed by atoms with Gasteiger partial charge in [-0.2, -0.15) is 10.5 Å². The van der Waals surface area contributed by atoms with Gasteiger partial charge in [-0.05, 0) is 332 Å². The zero-order valence-corrected chi connectivity index (χ0v) is 67.0. The zero-order chi connectivity index (χ0) is 79.1. The number of hydrogen-bond acceptors (Lipinski definition) is 4. The largest absolute Gasteiger partial charge is 0.311 e. The molecule has 0 unspecified atom stereocenters. The fourth-order valence-electron chi connectivity index (χ4n) is 19.9. The van der Waals surface area contributed by atoms with Crippen LogP contribution in [0.15, 0.2) is 291 Å². The van der Waals surface area contributed by atoms with E-state index in [1.54, 1.807) is 0 Å². The minimum Gasteiger partial charge on any atom is -0.311 e. The molecule has 568 valence electrons. The number of nitrogens with zero attached hydrogens (tertiary/aromatic N) is 4. The number of hydrogen-bond donors (Lipinski definition) is 0. The monoisotopic (exact) mass is 1520 g/mol. The van der Waals surface area contributed by atoms with Crippen LogP contribution in [0, 0.1) is 70.0 Å². The third kappa shape index (κ3) is 15.3. The van der Waals surface area contributed by atoms with E-state index in [-0.39, 0.29) is 0 Å². The standard InChI is InChI=1S/C68H56N2.C46H36N2/c1-7-19-51(20-8-1)65-47-53(37-31-49-33-39-59(40-34-49)69(55-23-11-3-12-24-55)56-25-13-4-14-26-56)61-44-46-64-66(52-21-9-2-10-22-52)48-54(62-43-45-63(65)67(61)68(62)64)38-32-50-35-41-60(42-36-50)70(57-27-15-5-16-28-57)58-29-17-6-18-30-58;47-29-33-15-11-31(12-16-33)19-21-37-27-43(35-7-3-1-4-8-35)41-25-23-40-38(22-20-32-13-17-34(30-48)18-14-32)28-44(36-9-5-2-6-10-36)42-26-24-39(37)45(41)46(40)42/h3-6,11-18,23-30,33-36,39-48,51-52H,1-2,7-10,19-22H2;11-18,23-28,35-36H,1-10H2. The van der Waals surface area contributed by atoms with Crippen molar-refractivity contribution in [3.05, 3.63) is 369 Å². The van der Waals surface area contributed by atoms with Crippen LogP contribution in [0.4, 0.5) is 34.1 Å². The van der Waals surface area contributed by atoms with Gasteiger partial charge in [0.2, 0.25) is 0 Å². The Hall–Kier alpha value is -13.6. The van der Waals surface area contributed by atoms with Gasteiger partial charge in [-0.1, -0.05) is 246 Å². The zero-order valence-electron chi connectivity index (χ0n) is 67.0. The second-order valence-electron chi connectivity index (χ2n) is 33.0. The Balaban J connectivity index is 0.000000168. The highest BCUT2D eigenvalue weighted by molar-refractivity contribution is 6.28. The molecule has 16 aromatic rings. The predicted octanol–water partition coefficient (Wildman–Crippen LogP) is 29.6. The van der Waals surface area contributed by atoms with Crippen LogP contribution < -0.4 is 9.80 Å². The highest BCUT2D eigenvalue weighted by atomic mass is 15.1. The molecular weight excluding hydrogens is 1430 g/mol. The van der Waals surface area contributed by atoms with Gasteiger partial charge in [-0.25, -0.2) is 0 Å². The minimum absolute atomic E-state index is 0.528. The average Bonchev–Trinajstić information content (AvgIpc) is 0.717. The van der Waals surface area contributed by atoms with Crippen molar-refractivity contribution in [3.8, 4) is 59.5 Å². The molecule has 0 spiro atoms. The van der Waals surface area contributed by atoms with Crippen LogP contribution in [-0.2, 0) is 0 Å². The van der Waals surface area contributed by atoms with Crippen molar-refractivity contribution in [2.75, 3.05) is 9.80 Å². The summed E-state index contributed by atoms with van der Waals surface area (Å²) in [5.41, 5.74) is 22.1. The Bertz CT molecular complexity index is 6210. The molecule has 118 heavy (non-hydrogen) atoms. The van der Waals surface area contributed by atoms with Crippen molar-refractivity contribution in [1.29, 1.82) is 10.5 Å². The molecular formula is C114H92N4. The van der Waals surface area contributed by atoms with Crippen molar-refractivity contribution >= 4 is 98.8 Å². The third-order valence-electron chi connectivity index (χ3n) is 25.8. The molecule has 4 saturated carbocycles. The molecule has 4 aliphatic rings. The maximum atomic E-state index is 9.27. The van der Waals surface area contributed by atoms with Gasteiger partial charge < -0.3 is 9.80 Å². The molecule has 0 radical (unpaired) electrons. The molecule has 0 atom stereocenters. The number of rotatable bonds is 10. The third-order valence-corrected chi connectivity index (χ3v) is 25.8. The van der Waals surface area contributed by atoms with E-state index < -0.39 is 0 Å². The van der Waals surface area contributed by atoms with Crippen LogP contribution in [0.25, 0.3) is 64.6 Å². The summed E-state index contributed by atoms with van der Waals surface area (Å²) < 4.78 is 0. The summed E-state index contributed by atoms with van der Waals surface area (Å²) in [4.78, 5) is 4.61. The van der Waals surface area contributed by atoms with Gasteiger partial charge in [0.15, 0.2) is 0 Å². The first kappa shape index (κ1) is 74.5. The second kappa shape index (κ2) is 34.1. The smallest absolute Gasteiger partial charge is 0.0991 e. The van der Waals surface area contributed by atoms with Crippen LogP contribution >= 0.6 is 0 Å². The summed E-state index contributed by atoms with van der Waals surface area (Å²) in [6.07, 6.45) is 25.3. The Labute approximate surface area is 695 Å². The first-order chi connectivity index (χ1) is 58.4. The highest BCUT2D eigenvalue weighted by Crippen LogP contribution is 2.50. The quantitative estimate of drug-likeness (QED) is 0.101. The lowest BCUT2D eigenvalue weighted by molar-refractivity contribution is 0.445. The van der Waals surface area contributed by atoms with Crippen LogP contribution in [0.5, 0.6) is 0 Å². The normalized spacial score (nSPS) is 14.7. The lowest BCUT2D eigenvalue weighted by Gasteiger charge is -2.27. The average molecular weight is 1520 g/mol. The molecule has 4 nitrogen and oxygen atoms in total. The lowest BCUT2D eigenvalue weighted by Crippen LogP contribution is -2.09. The van der Waals surface area contributed by atoms with E-state index in [9.17, 15) is 10.5 Å².